The van der Waals surface area contributed by atoms with Crippen molar-refractivity contribution in [3.05, 3.63) is 21.9 Å². The smallest absolute Gasteiger partial charge is 0.242 e. The van der Waals surface area contributed by atoms with Crippen LogP contribution < -0.4 is 0 Å². The minimum absolute atomic E-state index is 0.0206. The third-order valence-corrected chi connectivity index (χ3v) is 5.73. The Morgan fingerprint density at radius 2 is 2.29 bits per heavy atom. The Kier molecular flexibility index (Phi) is 3.77. The van der Waals surface area contributed by atoms with E-state index in [1.54, 1.807) is 0 Å². The summed E-state index contributed by atoms with van der Waals surface area (Å²) < 4.78 is 26.9. The monoisotopic (exact) mass is 338 g/mol. The largest absolute Gasteiger partial charge is 0.246 e. The summed E-state index contributed by atoms with van der Waals surface area (Å²) in [6, 6.07) is 1.52. The maximum absolute atomic E-state index is 12.4. The van der Waals surface area contributed by atoms with E-state index in [1.165, 1.54) is 16.6 Å². The molecule has 1 aromatic heterocycles. The highest BCUT2D eigenvalue weighted by Crippen LogP contribution is 2.30. The lowest BCUT2D eigenvalue weighted by Gasteiger charge is -2.21. The molecule has 0 aliphatic carbocycles. The SMILES string of the molecule is CC1CCCN1S(=O)(=O)c1cc(Br)cnc1Cl. The summed E-state index contributed by atoms with van der Waals surface area (Å²) in [5.41, 5.74) is 0. The molecule has 1 aliphatic heterocycles. The van der Waals surface area contributed by atoms with Gasteiger partial charge in [0.15, 0.2) is 0 Å². The van der Waals surface area contributed by atoms with E-state index < -0.39 is 10.0 Å². The van der Waals surface area contributed by atoms with Gasteiger partial charge in [-0.1, -0.05) is 11.6 Å². The van der Waals surface area contributed by atoms with E-state index in [1.807, 2.05) is 6.92 Å². The summed E-state index contributed by atoms with van der Waals surface area (Å²) in [6.45, 7) is 2.45. The zero-order chi connectivity index (χ0) is 12.6. The van der Waals surface area contributed by atoms with Gasteiger partial charge in [0.1, 0.15) is 10.0 Å². The van der Waals surface area contributed by atoms with Crippen LogP contribution in [-0.2, 0) is 10.0 Å². The summed E-state index contributed by atoms with van der Waals surface area (Å²) >= 11 is 9.08. The highest BCUT2D eigenvalue weighted by atomic mass is 79.9. The van der Waals surface area contributed by atoms with Crippen molar-refractivity contribution in [1.82, 2.24) is 9.29 Å². The lowest BCUT2D eigenvalue weighted by Crippen LogP contribution is -2.33. The molecule has 1 aromatic rings. The molecule has 94 valence electrons. The molecule has 7 heteroatoms. The van der Waals surface area contributed by atoms with Crippen molar-refractivity contribution in [2.75, 3.05) is 6.54 Å². The van der Waals surface area contributed by atoms with Gasteiger partial charge in [-0.15, -0.1) is 0 Å². The molecule has 1 unspecified atom stereocenters. The molecule has 0 N–H and O–H groups in total. The van der Waals surface area contributed by atoms with Gasteiger partial charge in [0.25, 0.3) is 0 Å². The predicted molar refractivity (Wildman–Crippen MR) is 69.5 cm³/mol. The van der Waals surface area contributed by atoms with E-state index in [0.29, 0.717) is 11.0 Å². The molecule has 17 heavy (non-hydrogen) atoms. The van der Waals surface area contributed by atoms with Crippen LogP contribution in [0.5, 0.6) is 0 Å². The average Bonchev–Trinajstić information content (AvgIpc) is 2.68. The summed E-state index contributed by atoms with van der Waals surface area (Å²) in [5.74, 6) is 0. The fourth-order valence-corrected chi connectivity index (χ4v) is 4.60. The molecule has 1 aliphatic rings. The normalized spacial score (nSPS) is 21.9. The molecular weight excluding hydrogens is 328 g/mol. The van der Waals surface area contributed by atoms with Gasteiger partial charge in [0, 0.05) is 23.3 Å². The molecule has 1 fully saturated rings. The molecule has 1 saturated heterocycles. The molecule has 0 amide bonds. The van der Waals surface area contributed by atoms with Gasteiger partial charge < -0.3 is 0 Å². The van der Waals surface area contributed by atoms with E-state index in [9.17, 15) is 8.42 Å². The molecule has 0 spiro atoms. The highest BCUT2D eigenvalue weighted by Gasteiger charge is 2.34. The second-order valence-electron chi connectivity index (χ2n) is 4.05. The fourth-order valence-electron chi connectivity index (χ4n) is 1.98. The van der Waals surface area contributed by atoms with Crippen molar-refractivity contribution in [1.29, 1.82) is 0 Å². The standard InChI is InChI=1S/C10H12BrClN2O2S/c1-7-3-2-4-14(7)17(15,16)9-5-8(11)6-13-10(9)12/h5-7H,2-4H2,1H3. The topological polar surface area (TPSA) is 50.3 Å². The van der Waals surface area contributed by atoms with Gasteiger partial charge in [-0.3, -0.25) is 0 Å². The van der Waals surface area contributed by atoms with Crippen LogP contribution in [0.2, 0.25) is 5.15 Å². The number of sulfonamides is 1. The Morgan fingerprint density at radius 1 is 1.59 bits per heavy atom. The van der Waals surface area contributed by atoms with Crippen molar-refractivity contribution < 1.29 is 8.42 Å². The third-order valence-electron chi connectivity index (χ3n) is 2.85. The minimum atomic E-state index is -3.53. The van der Waals surface area contributed by atoms with Crippen LogP contribution in [0.3, 0.4) is 0 Å². The molecule has 0 radical (unpaired) electrons. The molecule has 0 saturated carbocycles. The average molecular weight is 340 g/mol. The molecule has 2 rings (SSSR count). The van der Waals surface area contributed by atoms with Gasteiger partial charge in [0.2, 0.25) is 10.0 Å². The van der Waals surface area contributed by atoms with Crippen LogP contribution in [0.25, 0.3) is 0 Å². The van der Waals surface area contributed by atoms with Crippen molar-refractivity contribution in [2.24, 2.45) is 0 Å². The molecule has 1 atom stereocenters. The van der Waals surface area contributed by atoms with Crippen LogP contribution in [0, 0.1) is 0 Å². The Balaban J connectivity index is 2.48. The molecule has 2 heterocycles. The zero-order valence-corrected chi connectivity index (χ0v) is 12.4. The van der Waals surface area contributed by atoms with E-state index in [-0.39, 0.29) is 16.1 Å². The fraction of sp³-hybridized carbons (Fsp3) is 0.500. The number of halogens is 2. The first-order valence-corrected chi connectivity index (χ1v) is 7.87. The first-order valence-electron chi connectivity index (χ1n) is 5.26. The summed E-state index contributed by atoms with van der Waals surface area (Å²) in [7, 11) is -3.53. The minimum Gasteiger partial charge on any atom is -0.242 e. The highest BCUT2D eigenvalue weighted by molar-refractivity contribution is 9.10. The van der Waals surface area contributed by atoms with Crippen LogP contribution >= 0.6 is 27.5 Å². The zero-order valence-electron chi connectivity index (χ0n) is 9.23. The van der Waals surface area contributed by atoms with Crippen LogP contribution in [0.4, 0.5) is 0 Å². The van der Waals surface area contributed by atoms with Gasteiger partial charge in [-0.25, -0.2) is 13.4 Å². The Bertz CT molecular complexity index is 535. The van der Waals surface area contributed by atoms with Crippen LogP contribution in [0.15, 0.2) is 21.6 Å². The maximum atomic E-state index is 12.4. The van der Waals surface area contributed by atoms with Crippen molar-refractivity contribution in [3.8, 4) is 0 Å². The molecule has 0 bridgehead atoms. The van der Waals surface area contributed by atoms with Gasteiger partial charge >= 0.3 is 0 Å². The van der Waals surface area contributed by atoms with Gasteiger partial charge in [-0.2, -0.15) is 4.31 Å². The Labute approximate surface area is 114 Å². The second-order valence-corrected chi connectivity index (χ2v) is 7.18. The maximum Gasteiger partial charge on any atom is 0.246 e. The Morgan fingerprint density at radius 3 is 2.88 bits per heavy atom. The lowest BCUT2D eigenvalue weighted by atomic mass is 10.3. The van der Waals surface area contributed by atoms with Crippen molar-refractivity contribution >= 4 is 37.6 Å². The number of rotatable bonds is 2. The van der Waals surface area contributed by atoms with Gasteiger partial charge in [-0.05, 0) is 41.8 Å². The quantitative estimate of drug-likeness (QED) is 0.778. The number of aromatic nitrogens is 1. The van der Waals surface area contributed by atoms with E-state index >= 15 is 0 Å². The summed E-state index contributed by atoms with van der Waals surface area (Å²) in [4.78, 5) is 3.93. The molecular formula is C10H12BrClN2O2S. The predicted octanol–water partition coefficient (Wildman–Crippen LogP) is 2.67. The van der Waals surface area contributed by atoms with E-state index in [0.717, 1.165) is 12.8 Å². The van der Waals surface area contributed by atoms with Crippen LogP contribution in [-0.4, -0.2) is 30.3 Å². The number of hydrogen-bond donors (Lipinski definition) is 0. The molecule has 4 nitrogen and oxygen atoms in total. The number of nitrogens with zero attached hydrogens (tertiary/aromatic N) is 2. The lowest BCUT2D eigenvalue weighted by molar-refractivity contribution is 0.408. The number of pyridine rings is 1. The van der Waals surface area contributed by atoms with Gasteiger partial charge in [0.05, 0.1) is 0 Å². The Hall–Kier alpha value is -0.170. The van der Waals surface area contributed by atoms with Crippen molar-refractivity contribution in [3.63, 3.8) is 0 Å². The third kappa shape index (κ3) is 2.50. The van der Waals surface area contributed by atoms with E-state index in [2.05, 4.69) is 20.9 Å². The molecule has 0 aromatic carbocycles. The first kappa shape index (κ1) is 13.3. The van der Waals surface area contributed by atoms with Crippen molar-refractivity contribution in [2.45, 2.75) is 30.7 Å². The second kappa shape index (κ2) is 4.84. The summed E-state index contributed by atoms with van der Waals surface area (Å²) in [5, 5.41) is 0.0206. The van der Waals surface area contributed by atoms with Crippen LogP contribution in [0.1, 0.15) is 19.8 Å². The summed E-state index contributed by atoms with van der Waals surface area (Å²) in [6.07, 6.45) is 3.26. The first-order chi connectivity index (χ1) is 7.93. The van der Waals surface area contributed by atoms with E-state index in [4.69, 9.17) is 11.6 Å². The number of hydrogen-bond acceptors (Lipinski definition) is 3.